The third kappa shape index (κ3) is 5.50. The standard InChI is InChI=1S/C22H27ClN2O5S/c1-29-20-13-12-17(14-21(20)30-2)31(27,28)25(16-8-4-3-5-9-16)15-22(26)24-19-11-7-6-10-18(19)23/h6-7,10-14,16H,3-5,8-9,15H2,1-2H3,(H,24,26). The van der Waals surface area contributed by atoms with E-state index < -0.39 is 15.9 Å². The molecule has 0 aliphatic heterocycles. The minimum Gasteiger partial charge on any atom is -0.493 e. The first-order valence-electron chi connectivity index (χ1n) is 10.1. The highest BCUT2D eigenvalue weighted by Gasteiger charge is 2.34. The minimum absolute atomic E-state index is 0.0567. The van der Waals surface area contributed by atoms with Gasteiger partial charge in [-0.1, -0.05) is 43.0 Å². The van der Waals surface area contributed by atoms with E-state index in [2.05, 4.69) is 5.32 Å². The summed E-state index contributed by atoms with van der Waals surface area (Å²) in [6, 6.07) is 11.0. The molecule has 9 heteroatoms. The van der Waals surface area contributed by atoms with Crippen molar-refractivity contribution in [3.63, 3.8) is 0 Å². The third-order valence-electron chi connectivity index (χ3n) is 5.39. The summed E-state index contributed by atoms with van der Waals surface area (Å²) in [6.07, 6.45) is 4.34. The molecule has 0 aromatic heterocycles. The van der Waals surface area contributed by atoms with Crippen molar-refractivity contribution >= 4 is 33.2 Å². The normalized spacial score (nSPS) is 15.0. The molecule has 31 heavy (non-hydrogen) atoms. The van der Waals surface area contributed by atoms with Gasteiger partial charge in [-0.2, -0.15) is 4.31 Å². The molecule has 168 valence electrons. The first kappa shape index (κ1) is 23.4. The number of para-hydroxylation sites is 1. The zero-order valence-electron chi connectivity index (χ0n) is 17.6. The van der Waals surface area contributed by atoms with Crippen LogP contribution in [0.4, 0.5) is 5.69 Å². The fraction of sp³-hybridized carbons (Fsp3) is 0.409. The van der Waals surface area contributed by atoms with Crippen molar-refractivity contribution < 1.29 is 22.7 Å². The molecule has 0 radical (unpaired) electrons. The Labute approximate surface area is 188 Å². The van der Waals surface area contributed by atoms with Gasteiger partial charge >= 0.3 is 0 Å². The van der Waals surface area contributed by atoms with E-state index in [1.54, 1.807) is 30.3 Å². The average Bonchev–Trinajstić information content (AvgIpc) is 2.79. The van der Waals surface area contributed by atoms with Crippen molar-refractivity contribution in [2.45, 2.75) is 43.0 Å². The molecule has 3 rings (SSSR count). The smallest absolute Gasteiger partial charge is 0.243 e. The summed E-state index contributed by atoms with van der Waals surface area (Å²) in [5.74, 6) is 0.303. The number of carbonyl (C=O) groups is 1. The minimum atomic E-state index is -3.95. The number of rotatable bonds is 8. The molecule has 2 aromatic carbocycles. The van der Waals surface area contributed by atoms with E-state index in [9.17, 15) is 13.2 Å². The number of hydrogen-bond acceptors (Lipinski definition) is 5. The zero-order chi connectivity index (χ0) is 22.4. The van der Waals surface area contributed by atoms with Crippen LogP contribution in [0.3, 0.4) is 0 Å². The van der Waals surface area contributed by atoms with Crippen LogP contribution >= 0.6 is 11.6 Å². The van der Waals surface area contributed by atoms with Crippen molar-refractivity contribution in [1.82, 2.24) is 4.31 Å². The molecule has 1 aliphatic rings. The number of ether oxygens (including phenoxy) is 2. The molecular formula is C22H27ClN2O5S. The van der Waals surface area contributed by atoms with Crippen LogP contribution in [0.1, 0.15) is 32.1 Å². The molecule has 1 saturated carbocycles. The highest BCUT2D eigenvalue weighted by molar-refractivity contribution is 7.89. The molecule has 0 saturated heterocycles. The highest BCUT2D eigenvalue weighted by atomic mass is 35.5. The van der Waals surface area contributed by atoms with Crippen LogP contribution in [0.5, 0.6) is 11.5 Å². The fourth-order valence-electron chi connectivity index (χ4n) is 3.79. The van der Waals surface area contributed by atoms with Gasteiger partial charge in [-0.15, -0.1) is 0 Å². The number of nitrogens with one attached hydrogen (secondary N) is 1. The van der Waals surface area contributed by atoms with Crippen LogP contribution in [0.25, 0.3) is 0 Å². The van der Waals surface area contributed by atoms with Gasteiger partial charge in [0, 0.05) is 12.1 Å². The number of nitrogens with zero attached hydrogens (tertiary/aromatic N) is 1. The Balaban J connectivity index is 1.91. The summed E-state index contributed by atoms with van der Waals surface area (Å²) in [7, 11) is -1.02. The van der Waals surface area contributed by atoms with Crippen LogP contribution in [-0.4, -0.2) is 45.4 Å². The van der Waals surface area contributed by atoms with Crippen LogP contribution in [-0.2, 0) is 14.8 Å². The van der Waals surface area contributed by atoms with Gasteiger partial charge in [0.25, 0.3) is 0 Å². The lowest BCUT2D eigenvalue weighted by Crippen LogP contribution is -2.45. The van der Waals surface area contributed by atoms with Gasteiger partial charge in [-0.25, -0.2) is 8.42 Å². The Bertz CT molecular complexity index is 1020. The fourth-order valence-corrected chi connectivity index (χ4v) is 5.63. The lowest BCUT2D eigenvalue weighted by Gasteiger charge is -2.33. The molecule has 1 N–H and O–H groups in total. The van der Waals surface area contributed by atoms with E-state index >= 15 is 0 Å². The summed E-state index contributed by atoms with van der Waals surface area (Å²) in [5.41, 5.74) is 0.446. The van der Waals surface area contributed by atoms with Crippen molar-refractivity contribution in [1.29, 1.82) is 0 Å². The third-order valence-corrected chi connectivity index (χ3v) is 7.61. The maximum Gasteiger partial charge on any atom is 0.243 e. The number of methoxy groups -OCH3 is 2. The SMILES string of the molecule is COc1ccc(S(=O)(=O)N(CC(=O)Nc2ccccc2Cl)C2CCCCC2)cc1OC. The van der Waals surface area contributed by atoms with Gasteiger partial charge in [0.05, 0.1) is 36.4 Å². The summed E-state index contributed by atoms with van der Waals surface area (Å²) in [6.45, 7) is -0.299. The van der Waals surface area contributed by atoms with E-state index in [1.165, 1.54) is 30.7 Å². The van der Waals surface area contributed by atoms with Crippen molar-refractivity contribution in [2.24, 2.45) is 0 Å². The summed E-state index contributed by atoms with van der Waals surface area (Å²) >= 11 is 6.13. The molecule has 0 atom stereocenters. The lowest BCUT2D eigenvalue weighted by atomic mass is 9.95. The second-order valence-corrected chi connectivity index (χ2v) is 9.68. The van der Waals surface area contributed by atoms with Crippen LogP contribution in [0.15, 0.2) is 47.4 Å². The van der Waals surface area contributed by atoms with E-state index in [0.717, 1.165) is 19.3 Å². The Morgan fingerprint density at radius 3 is 2.39 bits per heavy atom. The van der Waals surface area contributed by atoms with Gasteiger partial charge in [-0.05, 0) is 37.1 Å². The van der Waals surface area contributed by atoms with Crippen molar-refractivity contribution in [3.05, 3.63) is 47.5 Å². The second kappa shape index (κ2) is 10.3. The largest absolute Gasteiger partial charge is 0.493 e. The van der Waals surface area contributed by atoms with Gasteiger partial charge in [0.2, 0.25) is 15.9 Å². The summed E-state index contributed by atoms with van der Waals surface area (Å²) < 4.78 is 38.9. The van der Waals surface area contributed by atoms with Gasteiger partial charge in [0.15, 0.2) is 11.5 Å². The summed E-state index contributed by atoms with van der Waals surface area (Å²) in [5, 5.41) is 3.11. The highest BCUT2D eigenvalue weighted by Crippen LogP contribution is 2.33. The van der Waals surface area contributed by atoms with Crippen molar-refractivity contribution in [3.8, 4) is 11.5 Å². The number of amides is 1. The molecule has 7 nitrogen and oxygen atoms in total. The molecule has 1 amide bonds. The van der Waals surface area contributed by atoms with E-state index in [1.807, 2.05) is 0 Å². The topological polar surface area (TPSA) is 84.9 Å². The van der Waals surface area contributed by atoms with Crippen LogP contribution in [0, 0.1) is 0 Å². The number of halogens is 1. The van der Waals surface area contributed by atoms with E-state index in [-0.39, 0.29) is 17.5 Å². The van der Waals surface area contributed by atoms with Gasteiger partial charge in [0.1, 0.15) is 0 Å². The number of sulfonamides is 1. The first-order valence-corrected chi connectivity index (χ1v) is 12.0. The quantitative estimate of drug-likeness (QED) is 0.626. The Morgan fingerprint density at radius 1 is 1.06 bits per heavy atom. The monoisotopic (exact) mass is 466 g/mol. The Kier molecular flexibility index (Phi) is 7.80. The van der Waals surface area contributed by atoms with E-state index in [4.69, 9.17) is 21.1 Å². The number of carbonyl (C=O) groups excluding carboxylic acids is 1. The second-order valence-electron chi connectivity index (χ2n) is 7.39. The summed E-state index contributed by atoms with van der Waals surface area (Å²) in [4.78, 5) is 12.9. The number of hydrogen-bond donors (Lipinski definition) is 1. The number of benzene rings is 2. The predicted octanol–water partition coefficient (Wildman–Crippen LogP) is 4.32. The maximum atomic E-state index is 13.6. The van der Waals surface area contributed by atoms with Gasteiger partial charge in [-0.3, -0.25) is 4.79 Å². The molecule has 2 aromatic rings. The Hall–Kier alpha value is -2.29. The maximum absolute atomic E-state index is 13.6. The average molecular weight is 467 g/mol. The lowest BCUT2D eigenvalue weighted by molar-refractivity contribution is -0.116. The van der Waals surface area contributed by atoms with Crippen LogP contribution in [0.2, 0.25) is 5.02 Å². The van der Waals surface area contributed by atoms with Crippen molar-refractivity contribution in [2.75, 3.05) is 26.1 Å². The molecule has 0 spiro atoms. The Morgan fingerprint density at radius 2 is 1.74 bits per heavy atom. The molecule has 0 unspecified atom stereocenters. The predicted molar refractivity (Wildman–Crippen MR) is 120 cm³/mol. The molecule has 1 fully saturated rings. The first-order chi connectivity index (χ1) is 14.9. The zero-order valence-corrected chi connectivity index (χ0v) is 19.2. The molecule has 1 aliphatic carbocycles. The molecule has 0 heterocycles. The van der Waals surface area contributed by atoms with E-state index in [0.29, 0.717) is 35.1 Å². The molecule has 0 bridgehead atoms. The molecular weight excluding hydrogens is 440 g/mol. The van der Waals surface area contributed by atoms with Gasteiger partial charge < -0.3 is 14.8 Å². The number of anilines is 1. The van der Waals surface area contributed by atoms with Crippen LogP contribution < -0.4 is 14.8 Å².